The number of nitrogens with one attached hydrogen (secondary N) is 1. The van der Waals surface area contributed by atoms with Crippen LogP contribution < -0.4 is 5.32 Å². The van der Waals surface area contributed by atoms with E-state index in [2.05, 4.69) is 11.9 Å². The first kappa shape index (κ1) is 12.1. The van der Waals surface area contributed by atoms with Crippen LogP contribution in [-0.2, 0) is 9.53 Å². The van der Waals surface area contributed by atoms with Gasteiger partial charge in [-0.15, -0.1) is 0 Å². The molecule has 0 heterocycles. The van der Waals surface area contributed by atoms with Crippen LogP contribution in [0.25, 0.3) is 0 Å². The lowest BCUT2D eigenvalue weighted by Crippen LogP contribution is -2.48. The van der Waals surface area contributed by atoms with Gasteiger partial charge in [-0.2, -0.15) is 0 Å². The Morgan fingerprint density at radius 2 is 2.38 bits per heavy atom. The topological polar surface area (TPSA) is 58.6 Å². The van der Waals surface area contributed by atoms with Gasteiger partial charge in [-0.3, -0.25) is 5.32 Å². The predicted molar refractivity (Wildman–Crippen MR) is 49.8 cm³/mol. The van der Waals surface area contributed by atoms with E-state index in [4.69, 9.17) is 4.74 Å². The molecule has 2 unspecified atom stereocenters. The standard InChI is InChI=1S/C9H17NO3/c1-5-8(11)13-7(3)10-9(4,12)6-2/h5,7,10,12H,1,6H2,2-4H3. The molecule has 2 N–H and O–H groups in total. The van der Waals surface area contributed by atoms with E-state index in [0.29, 0.717) is 6.42 Å². The molecule has 0 aliphatic heterocycles. The average Bonchev–Trinajstić information content (AvgIpc) is 2.03. The van der Waals surface area contributed by atoms with Crippen LogP contribution in [0, 0.1) is 0 Å². The van der Waals surface area contributed by atoms with Crippen LogP contribution in [-0.4, -0.2) is 23.0 Å². The Morgan fingerprint density at radius 3 is 2.77 bits per heavy atom. The van der Waals surface area contributed by atoms with Gasteiger partial charge in [0.05, 0.1) is 0 Å². The maximum absolute atomic E-state index is 10.7. The molecule has 4 nitrogen and oxygen atoms in total. The minimum Gasteiger partial charge on any atom is -0.444 e. The molecule has 2 atom stereocenters. The van der Waals surface area contributed by atoms with Gasteiger partial charge < -0.3 is 9.84 Å². The third-order valence-electron chi connectivity index (χ3n) is 1.66. The number of carbonyl (C=O) groups is 1. The quantitative estimate of drug-likeness (QED) is 0.379. The summed E-state index contributed by atoms with van der Waals surface area (Å²) >= 11 is 0. The van der Waals surface area contributed by atoms with Crippen LogP contribution >= 0.6 is 0 Å². The zero-order valence-electron chi connectivity index (χ0n) is 8.33. The van der Waals surface area contributed by atoms with E-state index in [1.165, 1.54) is 0 Å². The highest BCUT2D eigenvalue weighted by Crippen LogP contribution is 2.05. The number of hydrogen-bond acceptors (Lipinski definition) is 4. The van der Waals surface area contributed by atoms with Gasteiger partial charge in [-0.25, -0.2) is 4.79 Å². The normalized spacial score (nSPS) is 17.2. The molecular weight excluding hydrogens is 170 g/mol. The van der Waals surface area contributed by atoms with Crippen molar-refractivity contribution < 1.29 is 14.6 Å². The van der Waals surface area contributed by atoms with Gasteiger partial charge in [-0.1, -0.05) is 13.5 Å². The van der Waals surface area contributed by atoms with Crippen LogP contribution in [0.4, 0.5) is 0 Å². The van der Waals surface area contributed by atoms with Crippen molar-refractivity contribution in [3.8, 4) is 0 Å². The van der Waals surface area contributed by atoms with Crippen LogP contribution in [0.5, 0.6) is 0 Å². The second-order valence-electron chi connectivity index (χ2n) is 3.05. The Balaban J connectivity index is 3.93. The molecule has 4 heteroatoms. The molecular formula is C9H17NO3. The summed E-state index contributed by atoms with van der Waals surface area (Å²) in [5.74, 6) is -0.507. The van der Waals surface area contributed by atoms with Crippen molar-refractivity contribution in [2.75, 3.05) is 0 Å². The molecule has 0 saturated heterocycles. The summed E-state index contributed by atoms with van der Waals surface area (Å²) in [4.78, 5) is 10.7. The van der Waals surface area contributed by atoms with E-state index in [1.807, 2.05) is 6.92 Å². The van der Waals surface area contributed by atoms with Gasteiger partial charge in [0.25, 0.3) is 0 Å². The molecule has 0 aromatic heterocycles. The zero-order chi connectivity index (χ0) is 10.5. The first-order valence-corrected chi connectivity index (χ1v) is 4.24. The highest BCUT2D eigenvalue weighted by Gasteiger charge is 2.20. The summed E-state index contributed by atoms with van der Waals surface area (Å²) in [6.07, 6.45) is 1.09. The molecule has 0 amide bonds. The SMILES string of the molecule is C=CC(=O)OC(C)NC(C)(O)CC. The van der Waals surface area contributed by atoms with Crippen molar-refractivity contribution in [3.05, 3.63) is 12.7 Å². The molecule has 0 radical (unpaired) electrons. The maximum Gasteiger partial charge on any atom is 0.331 e. The second-order valence-corrected chi connectivity index (χ2v) is 3.05. The summed E-state index contributed by atoms with van der Waals surface area (Å²) in [6.45, 7) is 8.35. The molecule has 0 aliphatic carbocycles. The number of aliphatic hydroxyl groups is 1. The fourth-order valence-corrected chi connectivity index (χ4v) is 0.792. The van der Waals surface area contributed by atoms with E-state index >= 15 is 0 Å². The molecule has 0 fully saturated rings. The Kier molecular flexibility index (Phi) is 4.66. The van der Waals surface area contributed by atoms with Gasteiger partial charge in [0.15, 0.2) is 6.23 Å². The molecule has 13 heavy (non-hydrogen) atoms. The van der Waals surface area contributed by atoms with Crippen LogP contribution in [0.3, 0.4) is 0 Å². The maximum atomic E-state index is 10.7. The van der Waals surface area contributed by atoms with Gasteiger partial charge in [0, 0.05) is 6.08 Å². The predicted octanol–water partition coefficient (Wildman–Crippen LogP) is 0.770. The van der Waals surface area contributed by atoms with Crippen molar-refractivity contribution in [1.29, 1.82) is 0 Å². The highest BCUT2D eigenvalue weighted by molar-refractivity contribution is 5.81. The number of ether oxygens (including phenoxy) is 1. The van der Waals surface area contributed by atoms with Crippen molar-refractivity contribution in [2.24, 2.45) is 0 Å². The van der Waals surface area contributed by atoms with Crippen LogP contribution in [0.1, 0.15) is 27.2 Å². The first-order valence-electron chi connectivity index (χ1n) is 4.24. The molecule has 0 aromatic rings. The summed E-state index contributed by atoms with van der Waals surface area (Å²) in [6, 6.07) is 0. The van der Waals surface area contributed by atoms with Crippen molar-refractivity contribution in [1.82, 2.24) is 5.32 Å². The molecule has 76 valence electrons. The van der Waals surface area contributed by atoms with E-state index in [9.17, 15) is 9.90 Å². The third-order valence-corrected chi connectivity index (χ3v) is 1.66. The van der Waals surface area contributed by atoms with Gasteiger partial charge in [-0.05, 0) is 20.3 Å². The number of rotatable bonds is 5. The minimum absolute atomic E-state index is 0.507. The average molecular weight is 187 g/mol. The Labute approximate surface area is 78.6 Å². The number of hydrogen-bond donors (Lipinski definition) is 2. The van der Waals surface area contributed by atoms with E-state index in [-0.39, 0.29) is 0 Å². The fraction of sp³-hybridized carbons (Fsp3) is 0.667. The summed E-state index contributed by atoms with van der Waals surface area (Å²) in [5, 5.41) is 12.3. The van der Waals surface area contributed by atoms with Crippen molar-refractivity contribution in [3.63, 3.8) is 0 Å². The van der Waals surface area contributed by atoms with E-state index in [0.717, 1.165) is 6.08 Å². The molecule has 0 aromatic carbocycles. The molecule has 0 bridgehead atoms. The van der Waals surface area contributed by atoms with E-state index < -0.39 is 17.9 Å². The molecule has 0 saturated carbocycles. The van der Waals surface area contributed by atoms with Gasteiger partial charge in [0.1, 0.15) is 5.72 Å². The van der Waals surface area contributed by atoms with Crippen LogP contribution in [0.2, 0.25) is 0 Å². The van der Waals surface area contributed by atoms with Gasteiger partial charge >= 0.3 is 5.97 Å². The summed E-state index contributed by atoms with van der Waals surface area (Å²) in [7, 11) is 0. The smallest absolute Gasteiger partial charge is 0.331 e. The van der Waals surface area contributed by atoms with E-state index in [1.54, 1.807) is 13.8 Å². The molecule has 0 aliphatic rings. The summed E-state index contributed by atoms with van der Waals surface area (Å²) < 4.78 is 4.81. The lowest BCUT2D eigenvalue weighted by atomic mass is 10.2. The first-order chi connectivity index (χ1) is 5.91. The second kappa shape index (κ2) is 4.99. The van der Waals surface area contributed by atoms with Crippen LogP contribution in [0.15, 0.2) is 12.7 Å². The largest absolute Gasteiger partial charge is 0.444 e. The highest BCUT2D eigenvalue weighted by atomic mass is 16.6. The molecule has 0 spiro atoms. The molecule has 0 rings (SSSR count). The minimum atomic E-state index is -1.01. The third kappa shape index (κ3) is 5.38. The Hall–Kier alpha value is -0.870. The fourth-order valence-electron chi connectivity index (χ4n) is 0.792. The van der Waals surface area contributed by atoms with Crippen molar-refractivity contribution in [2.45, 2.75) is 39.1 Å². The monoisotopic (exact) mass is 187 g/mol. The van der Waals surface area contributed by atoms with Crippen molar-refractivity contribution >= 4 is 5.97 Å². The lowest BCUT2D eigenvalue weighted by molar-refractivity contribution is -0.147. The lowest BCUT2D eigenvalue weighted by Gasteiger charge is -2.26. The Morgan fingerprint density at radius 1 is 1.85 bits per heavy atom. The number of carbonyl (C=O) groups excluding carboxylic acids is 1. The number of esters is 1. The summed E-state index contributed by atoms with van der Waals surface area (Å²) in [5.41, 5.74) is -1.01. The Bertz CT molecular complexity index is 189. The van der Waals surface area contributed by atoms with Gasteiger partial charge in [0.2, 0.25) is 0 Å². The zero-order valence-corrected chi connectivity index (χ0v) is 8.33.